The van der Waals surface area contributed by atoms with E-state index in [0.717, 1.165) is 11.0 Å². The Morgan fingerprint density at radius 1 is 1.18 bits per heavy atom. The van der Waals surface area contributed by atoms with Gasteiger partial charge in [-0.15, -0.1) is 23.5 Å². The average Bonchev–Trinajstić information content (AvgIpc) is 3.03. The molecule has 22 heavy (non-hydrogen) atoms. The predicted molar refractivity (Wildman–Crippen MR) is 102 cm³/mol. The maximum Gasteiger partial charge on any atom is 0.0946 e. The number of rotatable bonds is 6. The van der Waals surface area contributed by atoms with Gasteiger partial charge in [0.1, 0.15) is 0 Å². The Hall–Kier alpha value is -0.390. The first-order valence-electron chi connectivity index (χ1n) is 7.74. The summed E-state index contributed by atoms with van der Waals surface area (Å²) in [5, 5.41) is 0. The van der Waals surface area contributed by atoms with Crippen LogP contribution in [0.4, 0.5) is 0 Å². The van der Waals surface area contributed by atoms with Crippen LogP contribution in [0.5, 0.6) is 0 Å². The molecule has 0 atom stereocenters. The molecule has 2 aromatic rings. The smallest absolute Gasteiger partial charge is 0.0946 e. The second-order valence-corrected chi connectivity index (χ2v) is 9.81. The van der Waals surface area contributed by atoms with Crippen LogP contribution in [-0.4, -0.2) is 25.1 Å². The summed E-state index contributed by atoms with van der Waals surface area (Å²) in [5.74, 6) is 2.58. The van der Waals surface area contributed by atoms with Gasteiger partial charge in [0.2, 0.25) is 0 Å². The first-order valence-corrected chi connectivity index (χ1v) is 10.5. The Bertz CT molecular complexity index is 563. The molecular formula is C17H21BrN2S2. The monoisotopic (exact) mass is 396 g/mol. The van der Waals surface area contributed by atoms with Gasteiger partial charge in [-0.1, -0.05) is 28.1 Å². The minimum Gasteiger partial charge on any atom is -0.335 e. The lowest BCUT2D eigenvalue weighted by Gasteiger charge is -2.36. The van der Waals surface area contributed by atoms with Crippen LogP contribution in [0.1, 0.15) is 24.8 Å². The molecule has 5 heteroatoms. The van der Waals surface area contributed by atoms with E-state index in [1.807, 2.05) is 12.5 Å². The Labute approximate surface area is 149 Å². The summed E-state index contributed by atoms with van der Waals surface area (Å²) in [7, 11) is 0. The van der Waals surface area contributed by atoms with Crippen molar-refractivity contribution in [2.24, 2.45) is 0 Å². The zero-order valence-corrected chi connectivity index (χ0v) is 15.8. The molecule has 0 amide bonds. The van der Waals surface area contributed by atoms with Gasteiger partial charge in [0.05, 0.1) is 10.4 Å². The molecule has 2 nitrogen and oxygen atoms in total. The van der Waals surface area contributed by atoms with Gasteiger partial charge in [-0.3, -0.25) is 0 Å². The van der Waals surface area contributed by atoms with Crippen molar-refractivity contribution in [2.45, 2.75) is 36.3 Å². The highest BCUT2D eigenvalue weighted by Crippen LogP contribution is 2.46. The number of thioether (sulfide) groups is 2. The zero-order valence-electron chi connectivity index (χ0n) is 12.6. The van der Waals surface area contributed by atoms with E-state index in [1.165, 1.54) is 42.8 Å². The van der Waals surface area contributed by atoms with Crippen molar-refractivity contribution in [3.63, 3.8) is 0 Å². The van der Waals surface area contributed by atoms with Crippen LogP contribution in [0.3, 0.4) is 0 Å². The SMILES string of the molecule is Brc1ccc(CCCC2(Cn3ccnc3)SCCCS2)cc1. The summed E-state index contributed by atoms with van der Waals surface area (Å²) in [6, 6.07) is 8.74. The molecular weight excluding hydrogens is 376 g/mol. The zero-order chi connectivity index (χ0) is 15.3. The van der Waals surface area contributed by atoms with Crippen molar-refractivity contribution >= 4 is 39.5 Å². The van der Waals surface area contributed by atoms with E-state index in [2.05, 4.69) is 79.5 Å². The van der Waals surface area contributed by atoms with Gasteiger partial charge in [-0.25, -0.2) is 4.98 Å². The molecule has 0 radical (unpaired) electrons. The molecule has 3 rings (SSSR count). The molecule has 0 spiro atoms. The van der Waals surface area contributed by atoms with Crippen molar-refractivity contribution in [2.75, 3.05) is 11.5 Å². The molecule has 1 aliphatic rings. The molecule has 0 unspecified atom stereocenters. The van der Waals surface area contributed by atoms with Crippen LogP contribution in [0.15, 0.2) is 47.5 Å². The quantitative estimate of drug-likeness (QED) is 0.664. The summed E-state index contributed by atoms with van der Waals surface area (Å²) in [5.41, 5.74) is 1.44. The Balaban J connectivity index is 1.59. The van der Waals surface area contributed by atoms with E-state index < -0.39 is 0 Å². The molecule has 1 fully saturated rings. The number of aromatic nitrogens is 2. The Kier molecular flexibility index (Phi) is 5.94. The average molecular weight is 397 g/mol. The summed E-state index contributed by atoms with van der Waals surface area (Å²) in [4.78, 5) is 4.19. The van der Waals surface area contributed by atoms with Crippen molar-refractivity contribution in [1.82, 2.24) is 9.55 Å². The molecule has 2 heterocycles. The molecule has 1 aliphatic heterocycles. The largest absolute Gasteiger partial charge is 0.335 e. The normalized spacial score (nSPS) is 17.5. The van der Waals surface area contributed by atoms with Gasteiger partial charge in [-0.2, -0.15) is 0 Å². The molecule has 118 valence electrons. The number of aryl methyl sites for hydroxylation is 1. The van der Waals surface area contributed by atoms with Crippen molar-refractivity contribution < 1.29 is 0 Å². The number of hydrogen-bond donors (Lipinski definition) is 0. The van der Waals surface area contributed by atoms with Crippen LogP contribution in [0, 0.1) is 0 Å². The predicted octanol–water partition coefficient (Wildman–Crippen LogP) is 5.23. The second-order valence-electron chi connectivity index (χ2n) is 5.68. The van der Waals surface area contributed by atoms with E-state index in [0.29, 0.717) is 4.08 Å². The van der Waals surface area contributed by atoms with Crippen LogP contribution in [0.25, 0.3) is 0 Å². The summed E-state index contributed by atoms with van der Waals surface area (Å²) < 4.78 is 3.73. The molecule has 1 aromatic carbocycles. The van der Waals surface area contributed by atoms with Crippen LogP contribution in [0.2, 0.25) is 0 Å². The third kappa shape index (κ3) is 4.56. The van der Waals surface area contributed by atoms with E-state index in [4.69, 9.17) is 0 Å². The highest BCUT2D eigenvalue weighted by atomic mass is 79.9. The Morgan fingerprint density at radius 3 is 2.64 bits per heavy atom. The third-order valence-corrected chi connectivity index (χ3v) is 7.88. The molecule has 1 aromatic heterocycles. The van der Waals surface area contributed by atoms with Crippen LogP contribution in [-0.2, 0) is 13.0 Å². The fraction of sp³-hybridized carbons (Fsp3) is 0.471. The van der Waals surface area contributed by atoms with Gasteiger partial charge in [0.15, 0.2) is 0 Å². The van der Waals surface area contributed by atoms with Gasteiger partial charge in [0.25, 0.3) is 0 Å². The van der Waals surface area contributed by atoms with Gasteiger partial charge >= 0.3 is 0 Å². The van der Waals surface area contributed by atoms with Crippen LogP contribution >= 0.6 is 39.5 Å². The van der Waals surface area contributed by atoms with Crippen molar-refractivity contribution in [1.29, 1.82) is 0 Å². The van der Waals surface area contributed by atoms with E-state index in [9.17, 15) is 0 Å². The topological polar surface area (TPSA) is 17.8 Å². The summed E-state index contributed by atoms with van der Waals surface area (Å²) >= 11 is 7.81. The number of halogens is 1. The first kappa shape index (κ1) is 16.5. The number of hydrogen-bond acceptors (Lipinski definition) is 3. The maximum absolute atomic E-state index is 4.19. The Morgan fingerprint density at radius 2 is 1.95 bits per heavy atom. The van der Waals surface area contributed by atoms with Gasteiger partial charge in [-0.05, 0) is 54.9 Å². The fourth-order valence-electron chi connectivity index (χ4n) is 2.80. The third-order valence-electron chi connectivity index (χ3n) is 3.94. The van der Waals surface area contributed by atoms with E-state index in [1.54, 1.807) is 0 Å². The summed E-state index contributed by atoms with van der Waals surface area (Å²) in [6.07, 6.45) is 10.9. The van der Waals surface area contributed by atoms with Crippen molar-refractivity contribution in [3.8, 4) is 0 Å². The number of imidazole rings is 1. The van der Waals surface area contributed by atoms with E-state index in [-0.39, 0.29) is 0 Å². The lowest BCUT2D eigenvalue weighted by molar-refractivity contribution is 0.566. The first-order chi connectivity index (χ1) is 10.8. The van der Waals surface area contributed by atoms with E-state index >= 15 is 0 Å². The standard InChI is InChI=1S/C17H21BrN2S2/c18-16-6-4-15(5-7-16)3-1-8-17(21-11-2-12-22-17)13-20-10-9-19-14-20/h4-7,9-10,14H,1-3,8,11-13H2. The highest BCUT2D eigenvalue weighted by molar-refractivity contribution is 9.10. The fourth-order valence-corrected chi connectivity index (χ4v) is 6.46. The molecule has 0 saturated carbocycles. The van der Waals surface area contributed by atoms with Crippen LogP contribution < -0.4 is 0 Å². The maximum atomic E-state index is 4.19. The number of benzene rings is 1. The van der Waals surface area contributed by atoms with Gasteiger partial charge < -0.3 is 4.57 Å². The highest BCUT2D eigenvalue weighted by Gasteiger charge is 2.33. The minimum absolute atomic E-state index is 0.328. The second kappa shape index (κ2) is 7.93. The lowest BCUT2D eigenvalue weighted by Crippen LogP contribution is -2.30. The molecule has 0 aliphatic carbocycles. The molecule has 0 N–H and O–H groups in total. The lowest BCUT2D eigenvalue weighted by atomic mass is 10.1. The van der Waals surface area contributed by atoms with Gasteiger partial charge in [0, 0.05) is 23.4 Å². The molecule has 0 bridgehead atoms. The molecule has 1 saturated heterocycles. The van der Waals surface area contributed by atoms with Crippen molar-refractivity contribution in [3.05, 3.63) is 53.0 Å². The summed E-state index contributed by atoms with van der Waals surface area (Å²) in [6.45, 7) is 1.07. The minimum atomic E-state index is 0.328. The number of nitrogens with zero attached hydrogens (tertiary/aromatic N) is 2.